The molecular weight excluding hydrogens is 304 g/mol. The lowest BCUT2D eigenvalue weighted by Crippen LogP contribution is -2.38. The highest BCUT2D eigenvalue weighted by molar-refractivity contribution is 7.86. The molecule has 0 saturated heterocycles. The minimum atomic E-state index is -5.96. The van der Waals surface area contributed by atoms with Gasteiger partial charge in [-0.15, -0.1) is 0 Å². The molecule has 0 aliphatic rings. The summed E-state index contributed by atoms with van der Waals surface area (Å²) in [6, 6.07) is 0. The van der Waals surface area contributed by atoms with Gasteiger partial charge in [0, 0.05) is 6.42 Å². The maximum atomic E-state index is 12.6. The zero-order valence-corrected chi connectivity index (χ0v) is 11.0. The lowest BCUT2D eigenvalue weighted by molar-refractivity contribution is -0.137. The average molecular weight is 319 g/mol. The van der Waals surface area contributed by atoms with Gasteiger partial charge in [-0.1, -0.05) is 0 Å². The first-order valence-electron chi connectivity index (χ1n) is 4.93. The van der Waals surface area contributed by atoms with Crippen LogP contribution in [0.5, 0.6) is 0 Å². The molecule has 0 rings (SSSR count). The van der Waals surface area contributed by atoms with Crippen molar-refractivity contribution in [2.75, 3.05) is 14.1 Å². The van der Waals surface area contributed by atoms with Crippen LogP contribution in [-0.2, 0) is 10.1 Å². The Morgan fingerprint density at radius 3 is 1.79 bits per heavy atom. The Labute approximate surface area is 106 Å². The number of hydrogen-bond donors (Lipinski definition) is 2. The van der Waals surface area contributed by atoms with Crippen LogP contribution in [0.2, 0.25) is 0 Å². The third-order valence-corrected chi connectivity index (χ3v) is 2.57. The van der Waals surface area contributed by atoms with E-state index < -0.39 is 47.0 Å². The minimum Gasteiger partial charge on any atom is -0.323 e. The summed E-state index contributed by atoms with van der Waals surface area (Å²) in [4.78, 5) is 0. The van der Waals surface area contributed by atoms with E-state index in [9.17, 15) is 34.8 Å². The zero-order valence-electron chi connectivity index (χ0n) is 10.1. The summed E-state index contributed by atoms with van der Waals surface area (Å²) in [7, 11) is -2.21. The molecule has 0 aliphatic carbocycles. The quantitative estimate of drug-likeness (QED) is 0.603. The van der Waals surface area contributed by atoms with E-state index in [1.165, 1.54) is 0 Å². The highest BCUT2D eigenvalue weighted by atomic mass is 32.2. The van der Waals surface area contributed by atoms with Gasteiger partial charge in [-0.2, -0.15) is 30.4 Å². The molecule has 1 atom stereocenters. The smallest absolute Gasteiger partial charge is 0.323 e. The van der Waals surface area contributed by atoms with E-state index in [0.717, 1.165) is 0 Å². The first-order chi connectivity index (χ1) is 8.29. The topological polar surface area (TPSA) is 66.4 Å². The fourth-order valence-electron chi connectivity index (χ4n) is 0.811. The predicted molar refractivity (Wildman–Crippen MR) is 56.3 cm³/mol. The number of hydrogen-bond acceptors (Lipinski definition) is 3. The number of alkyl halides is 6. The van der Waals surface area contributed by atoms with Crippen LogP contribution in [0, 0.1) is 0 Å². The first-order valence-corrected chi connectivity index (χ1v) is 6.37. The molecule has 0 saturated carbocycles. The molecule has 0 aromatic rings. The third kappa shape index (κ3) is 9.05. The molecule has 0 fully saturated rings. The largest absolute Gasteiger partial charge is 0.400 e. The summed E-state index contributed by atoms with van der Waals surface area (Å²) in [6.45, 7) is 0. The van der Waals surface area contributed by atoms with Gasteiger partial charge in [0.2, 0.25) is 0 Å². The number of rotatable bonds is 5. The van der Waals surface area contributed by atoms with Crippen molar-refractivity contribution >= 4 is 10.1 Å². The molecule has 0 aliphatic heterocycles. The van der Waals surface area contributed by atoms with Crippen LogP contribution >= 0.6 is 0 Å². The molecule has 2 N–H and O–H groups in total. The molecule has 0 spiro atoms. The molecule has 11 heteroatoms. The fraction of sp³-hybridized carbons (Fsp3) is 1.00. The average Bonchev–Trinajstić information content (AvgIpc) is 2.14. The van der Waals surface area contributed by atoms with Gasteiger partial charge in [0.05, 0.1) is 0 Å². The predicted octanol–water partition coefficient (Wildman–Crippen LogP) is 2.37. The molecule has 19 heavy (non-hydrogen) atoms. The second-order valence-electron chi connectivity index (χ2n) is 3.51. The normalized spacial score (nSPS) is 14.6. The highest BCUT2D eigenvalue weighted by Gasteiger charge is 2.52. The molecule has 1 unspecified atom stereocenters. The lowest BCUT2D eigenvalue weighted by Gasteiger charge is -2.17. The number of halogens is 6. The Morgan fingerprint density at radius 2 is 1.53 bits per heavy atom. The van der Waals surface area contributed by atoms with Gasteiger partial charge < -0.3 is 5.32 Å². The van der Waals surface area contributed by atoms with Crippen LogP contribution in [-0.4, -0.2) is 44.7 Å². The second-order valence-corrected chi connectivity index (χ2v) is 5.01. The van der Waals surface area contributed by atoms with E-state index in [-0.39, 0.29) is 0 Å². The third-order valence-electron chi connectivity index (χ3n) is 1.63. The fourth-order valence-corrected chi connectivity index (χ4v) is 1.25. The summed E-state index contributed by atoms with van der Waals surface area (Å²) in [5.74, 6) is 0. The zero-order chi connectivity index (χ0) is 15.9. The molecule has 0 bridgehead atoms. The molecular formula is C8H15F6NO3S. The maximum absolute atomic E-state index is 12.6. The Kier molecular flexibility index (Phi) is 8.63. The van der Waals surface area contributed by atoms with E-state index in [0.29, 0.717) is 0 Å². The monoisotopic (exact) mass is 319 g/mol. The van der Waals surface area contributed by atoms with Crippen molar-refractivity contribution in [3.8, 4) is 0 Å². The summed E-state index contributed by atoms with van der Waals surface area (Å²) in [5.41, 5.74) is 0. The summed E-state index contributed by atoms with van der Waals surface area (Å²) in [5, 5.41) is -2.33. The van der Waals surface area contributed by atoms with E-state index in [2.05, 4.69) is 5.32 Å². The van der Waals surface area contributed by atoms with Crippen molar-refractivity contribution in [3.63, 3.8) is 0 Å². The van der Waals surface area contributed by atoms with Crippen molar-refractivity contribution < 1.29 is 39.3 Å². The molecule has 0 radical (unpaired) electrons. The Hall–Kier alpha value is -0.550. The maximum Gasteiger partial charge on any atom is 0.400 e. The lowest BCUT2D eigenvalue weighted by atomic mass is 10.2. The summed E-state index contributed by atoms with van der Waals surface area (Å²) >= 11 is 0. The second kappa shape index (κ2) is 7.90. The van der Waals surface area contributed by atoms with E-state index in [4.69, 9.17) is 4.55 Å². The van der Waals surface area contributed by atoms with Gasteiger partial charge >= 0.3 is 21.5 Å². The van der Waals surface area contributed by atoms with Gasteiger partial charge in [0.15, 0.2) is 6.17 Å². The first kappa shape index (κ1) is 20.8. The van der Waals surface area contributed by atoms with Crippen LogP contribution < -0.4 is 5.32 Å². The van der Waals surface area contributed by atoms with Gasteiger partial charge in [0.25, 0.3) is 0 Å². The van der Waals surface area contributed by atoms with Crippen LogP contribution in [0.25, 0.3) is 0 Å². The Balaban J connectivity index is 0. The molecule has 118 valence electrons. The van der Waals surface area contributed by atoms with Crippen molar-refractivity contribution in [2.24, 2.45) is 0 Å². The van der Waals surface area contributed by atoms with E-state index in [1.807, 2.05) is 14.1 Å². The van der Waals surface area contributed by atoms with Crippen molar-refractivity contribution in [3.05, 3.63) is 0 Å². The molecule has 0 aromatic carbocycles. The van der Waals surface area contributed by atoms with Crippen molar-refractivity contribution in [2.45, 2.75) is 36.9 Å². The number of nitrogens with one attached hydrogen (secondary N) is 1. The van der Waals surface area contributed by atoms with E-state index in [1.54, 1.807) is 0 Å². The minimum absolute atomic E-state index is 0.990. The Morgan fingerprint density at radius 1 is 1.16 bits per heavy atom. The standard InChI is InChI=1S/C6H8F6O3S.C2H7N/c7-4(2-1-3-5(8,9)10)6(11,12)16(13,14)15;1-3-2/h4H,1-3H2,(H,13,14,15);3H,1-2H3. The molecule has 0 amide bonds. The van der Waals surface area contributed by atoms with Gasteiger partial charge in [-0.3, -0.25) is 4.55 Å². The van der Waals surface area contributed by atoms with Crippen LogP contribution in [0.15, 0.2) is 0 Å². The summed E-state index contributed by atoms with van der Waals surface area (Å²) < 4.78 is 100. The van der Waals surface area contributed by atoms with Crippen molar-refractivity contribution in [1.82, 2.24) is 5.32 Å². The van der Waals surface area contributed by atoms with E-state index >= 15 is 0 Å². The Bertz CT molecular complexity index is 343. The SMILES string of the molecule is CNC.O=S(=O)(O)C(F)(F)C(F)CCCC(F)(F)F. The van der Waals surface area contributed by atoms with Crippen LogP contribution in [0.3, 0.4) is 0 Å². The molecule has 4 nitrogen and oxygen atoms in total. The summed E-state index contributed by atoms with van der Waals surface area (Å²) in [6.07, 6.45) is -11.8. The van der Waals surface area contributed by atoms with Gasteiger partial charge in [0.1, 0.15) is 0 Å². The van der Waals surface area contributed by atoms with Crippen LogP contribution in [0.1, 0.15) is 19.3 Å². The van der Waals surface area contributed by atoms with Gasteiger partial charge in [-0.25, -0.2) is 4.39 Å². The van der Waals surface area contributed by atoms with Crippen molar-refractivity contribution in [1.29, 1.82) is 0 Å². The van der Waals surface area contributed by atoms with Gasteiger partial charge in [-0.05, 0) is 26.9 Å². The highest BCUT2D eigenvalue weighted by Crippen LogP contribution is 2.32. The molecule has 0 heterocycles. The molecule has 0 aromatic heterocycles. The van der Waals surface area contributed by atoms with Crippen LogP contribution in [0.4, 0.5) is 26.3 Å².